The third-order valence-corrected chi connectivity index (χ3v) is 1.12. The van der Waals surface area contributed by atoms with Crippen LogP contribution in [0.1, 0.15) is 12.8 Å². The topological polar surface area (TPSA) is 0 Å². The fraction of sp³-hybridized carbons (Fsp3) is 1.00. The van der Waals surface area contributed by atoms with Gasteiger partial charge in [-0.2, -0.15) is 11.5 Å². The summed E-state index contributed by atoms with van der Waals surface area (Å²) in [5.41, 5.74) is 0. The third kappa shape index (κ3) is 15.7. The van der Waals surface area contributed by atoms with Crippen LogP contribution in [-0.4, -0.2) is 37.7 Å². The Labute approximate surface area is 87.5 Å². The second kappa shape index (κ2) is 15.9. The second-order valence-electron chi connectivity index (χ2n) is 1.12. The van der Waals surface area contributed by atoms with Crippen LogP contribution in [0.15, 0.2) is 0 Å². The van der Waals surface area contributed by atoms with Crippen molar-refractivity contribution in [3.63, 3.8) is 0 Å². The minimum atomic E-state index is 0. The molecule has 0 fully saturated rings. The largest absolute Gasteiger partial charge is 3.00 e. The van der Waals surface area contributed by atoms with E-state index in [-0.39, 0.29) is 38.6 Å². The number of hydrogen-bond acceptors (Lipinski definition) is 2. The van der Waals surface area contributed by atoms with Crippen molar-refractivity contribution in [2.45, 2.75) is 12.8 Å². The van der Waals surface area contributed by atoms with Crippen LogP contribution in [0.2, 0.25) is 0 Å². The SMILES string of the molecule is [Bi+3].[Cl-].[S-]CCCC[S-]. The van der Waals surface area contributed by atoms with E-state index in [0.717, 1.165) is 24.3 Å². The van der Waals surface area contributed by atoms with Gasteiger partial charge in [-0.05, 0) is 0 Å². The molecule has 0 spiro atoms. The standard InChI is InChI=1S/C4H10S2.Bi.ClH/c5-3-1-2-4-6;;/h5-6H,1-4H2;;1H/q;+3;/p-3. The van der Waals surface area contributed by atoms with Crippen molar-refractivity contribution in [3.05, 3.63) is 0 Å². The molecule has 0 rings (SSSR count). The fourth-order valence-corrected chi connectivity index (χ4v) is 0.612. The zero-order valence-corrected chi connectivity index (χ0v) is 10.3. The first-order valence-corrected chi connectivity index (χ1v) is 3.23. The molecule has 0 atom stereocenters. The molecule has 0 saturated carbocycles. The van der Waals surface area contributed by atoms with E-state index in [0.29, 0.717) is 0 Å². The summed E-state index contributed by atoms with van der Waals surface area (Å²) in [5.74, 6) is 1.74. The van der Waals surface area contributed by atoms with Gasteiger partial charge in [-0.15, -0.1) is 0 Å². The third-order valence-electron chi connectivity index (χ3n) is 0.539. The summed E-state index contributed by atoms with van der Waals surface area (Å²) in [5, 5.41) is 0. The molecule has 0 aromatic heterocycles. The zero-order valence-electron chi connectivity index (χ0n) is 4.47. The molecule has 2 radical (unpaired) electrons. The molecule has 0 heterocycles. The van der Waals surface area contributed by atoms with Gasteiger partial charge in [0, 0.05) is 0 Å². The molecule has 4 heteroatoms. The first kappa shape index (κ1) is 16.5. The molecular weight excluding hydrogens is 357 g/mol. The first-order chi connectivity index (χ1) is 2.91. The van der Waals surface area contributed by atoms with Crippen LogP contribution in [0.3, 0.4) is 0 Å². The Kier molecular flexibility index (Phi) is 32.8. The van der Waals surface area contributed by atoms with Gasteiger partial charge in [-0.1, -0.05) is 12.8 Å². The van der Waals surface area contributed by atoms with Crippen LogP contribution in [0.4, 0.5) is 0 Å². The van der Waals surface area contributed by atoms with Crippen molar-refractivity contribution in [2.24, 2.45) is 0 Å². The number of rotatable bonds is 3. The summed E-state index contributed by atoms with van der Waals surface area (Å²) in [6.07, 6.45) is 2.25. The van der Waals surface area contributed by atoms with E-state index >= 15 is 0 Å². The van der Waals surface area contributed by atoms with Gasteiger partial charge in [0.25, 0.3) is 0 Å². The van der Waals surface area contributed by atoms with E-state index in [1.807, 2.05) is 0 Å². The van der Waals surface area contributed by atoms with Crippen molar-refractivity contribution < 1.29 is 12.4 Å². The Bertz CT molecular complexity index is 26.0. The van der Waals surface area contributed by atoms with Gasteiger partial charge in [0.15, 0.2) is 0 Å². The average Bonchev–Trinajstić information content (AvgIpc) is 1.61. The van der Waals surface area contributed by atoms with Gasteiger partial charge in [-0.25, -0.2) is 0 Å². The predicted molar refractivity (Wildman–Crippen MR) is 39.5 cm³/mol. The van der Waals surface area contributed by atoms with Crippen molar-refractivity contribution in [1.82, 2.24) is 0 Å². The maximum absolute atomic E-state index is 4.67. The van der Waals surface area contributed by atoms with Crippen LogP contribution in [-0.2, 0) is 25.3 Å². The van der Waals surface area contributed by atoms with Crippen LogP contribution in [0.5, 0.6) is 0 Å². The Morgan fingerprint density at radius 3 is 1.25 bits per heavy atom. The molecule has 0 aliphatic heterocycles. The van der Waals surface area contributed by atoms with Gasteiger partial charge >= 0.3 is 26.2 Å². The Morgan fingerprint density at radius 1 is 0.875 bits per heavy atom. The molecule has 0 aliphatic rings. The molecule has 0 nitrogen and oxygen atoms in total. The maximum Gasteiger partial charge on any atom is 3.00 e. The van der Waals surface area contributed by atoms with E-state index in [9.17, 15) is 0 Å². The molecule has 0 bridgehead atoms. The molecule has 8 heavy (non-hydrogen) atoms. The molecule has 0 aromatic carbocycles. The van der Waals surface area contributed by atoms with Gasteiger partial charge in [0.05, 0.1) is 0 Å². The predicted octanol–water partition coefficient (Wildman–Crippen LogP) is -2.52. The van der Waals surface area contributed by atoms with Crippen molar-refractivity contribution >= 4 is 51.5 Å². The Balaban J connectivity index is -0.000000125. The quantitative estimate of drug-likeness (QED) is 0.308. The molecule has 0 aromatic rings. The molecular formula is C4H8BiClS2. The molecule has 0 aliphatic carbocycles. The molecule has 48 valence electrons. The van der Waals surface area contributed by atoms with Crippen molar-refractivity contribution in [2.75, 3.05) is 11.5 Å². The monoisotopic (exact) mass is 364 g/mol. The number of hydrogen-bond donors (Lipinski definition) is 0. The second-order valence-corrected chi connectivity index (χ2v) is 1.93. The van der Waals surface area contributed by atoms with Crippen LogP contribution in [0.25, 0.3) is 0 Å². The summed E-state index contributed by atoms with van der Waals surface area (Å²) in [7, 11) is 0. The molecule has 0 saturated heterocycles. The summed E-state index contributed by atoms with van der Waals surface area (Å²) >= 11 is 9.34. The van der Waals surface area contributed by atoms with E-state index in [1.54, 1.807) is 0 Å². The summed E-state index contributed by atoms with van der Waals surface area (Å²) in [6, 6.07) is 0. The molecule has 0 amide bonds. The minimum Gasteiger partial charge on any atom is -1.00 e. The maximum atomic E-state index is 4.67. The number of halogens is 1. The smallest absolute Gasteiger partial charge is 1.00 e. The van der Waals surface area contributed by atoms with Crippen LogP contribution in [0, 0.1) is 0 Å². The first-order valence-electron chi connectivity index (χ1n) is 2.08. The van der Waals surface area contributed by atoms with E-state index in [2.05, 4.69) is 25.3 Å². The summed E-state index contributed by atoms with van der Waals surface area (Å²) in [6.45, 7) is 0. The Morgan fingerprint density at radius 2 is 1.12 bits per heavy atom. The number of unbranched alkanes of at least 4 members (excludes halogenated alkanes) is 1. The normalized spacial score (nSPS) is 6.75. The zero-order chi connectivity index (χ0) is 4.83. The average molecular weight is 365 g/mol. The van der Waals surface area contributed by atoms with E-state index in [4.69, 9.17) is 0 Å². The minimum absolute atomic E-state index is 0. The van der Waals surface area contributed by atoms with Gasteiger partial charge < -0.3 is 37.7 Å². The summed E-state index contributed by atoms with van der Waals surface area (Å²) in [4.78, 5) is 0. The van der Waals surface area contributed by atoms with Gasteiger partial charge in [0.1, 0.15) is 0 Å². The van der Waals surface area contributed by atoms with Crippen LogP contribution >= 0.6 is 0 Å². The fourth-order valence-electron chi connectivity index (χ4n) is 0.204. The van der Waals surface area contributed by atoms with E-state index in [1.165, 1.54) is 0 Å². The van der Waals surface area contributed by atoms with E-state index < -0.39 is 0 Å². The van der Waals surface area contributed by atoms with Crippen molar-refractivity contribution in [3.8, 4) is 0 Å². The summed E-state index contributed by atoms with van der Waals surface area (Å²) < 4.78 is 0. The van der Waals surface area contributed by atoms with Crippen molar-refractivity contribution in [1.29, 1.82) is 0 Å². The Hall–Kier alpha value is 1.87. The van der Waals surface area contributed by atoms with Crippen LogP contribution < -0.4 is 12.4 Å². The van der Waals surface area contributed by atoms with Gasteiger partial charge in [-0.3, -0.25) is 0 Å². The molecule has 0 unspecified atom stereocenters. The van der Waals surface area contributed by atoms with Gasteiger partial charge in [0.2, 0.25) is 0 Å². The molecule has 0 N–H and O–H groups in total.